The van der Waals surface area contributed by atoms with Crippen molar-refractivity contribution < 1.29 is 9.53 Å². The van der Waals surface area contributed by atoms with Gasteiger partial charge in [0.25, 0.3) is 5.91 Å². The Kier molecular flexibility index (Phi) is 6.14. The van der Waals surface area contributed by atoms with Crippen LogP contribution in [-0.4, -0.2) is 49.6 Å². The van der Waals surface area contributed by atoms with Crippen molar-refractivity contribution in [3.8, 4) is 0 Å². The van der Waals surface area contributed by atoms with Crippen LogP contribution in [0.25, 0.3) is 0 Å². The van der Waals surface area contributed by atoms with Crippen molar-refractivity contribution in [2.75, 3.05) is 39.2 Å². The van der Waals surface area contributed by atoms with E-state index in [1.165, 1.54) is 0 Å². The van der Waals surface area contributed by atoms with Crippen LogP contribution in [0.1, 0.15) is 23.7 Å². The monoisotopic (exact) mass is 251 g/mol. The molecule has 1 N–H and O–H groups in total. The van der Waals surface area contributed by atoms with Crippen molar-refractivity contribution in [3.05, 3.63) is 24.0 Å². The van der Waals surface area contributed by atoms with Crippen molar-refractivity contribution >= 4 is 11.6 Å². The number of ether oxygens (including phenoxy) is 1. The van der Waals surface area contributed by atoms with Gasteiger partial charge >= 0.3 is 0 Å². The number of anilines is 1. The van der Waals surface area contributed by atoms with Crippen molar-refractivity contribution in [2.24, 2.45) is 0 Å². The molecule has 0 aromatic carbocycles. The van der Waals surface area contributed by atoms with E-state index in [2.05, 4.69) is 17.2 Å². The highest BCUT2D eigenvalue weighted by Crippen LogP contribution is 2.15. The lowest BCUT2D eigenvalue weighted by molar-refractivity contribution is 0.0745. The van der Waals surface area contributed by atoms with Gasteiger partial charge in [0.1, 0.15) is 0 Å². The molecular weight excluding hydrogens is 230 g/mol. The van der Waals surface area contributed by atoms with Gasteiger partial charge in [-0.05, 0) is 12.5 Å². The van der Waals surface area contributed by atoms with Crippen LogP contribution >= 0.6 is 0 Å². The van der Waals surface area contributed by atoms with Gasteiger partial charge in [-0.15, -0.1) is 0 Å². The minimum Gasteiger partial charge on any atom is -0.383 e. The highest BCUT2D eigenvalue weighted by molar-refractivity contribution is 5.99. The Bertz CT molecular complexity index is 382. The van der Waals surface area contributed by atoms with E-state index >= 15 is 0 Å². The molecule has 0 radical (unpaired) electrons. The summed E-state index contributed by atoms with van der Waals surface area (Å²) in [6.07, 6.45) is 4.32. The van der Waals surface area contributed by atoms with Crippen molar-refractivity contribution in [3.63, 3.8) is 0 Å². The number of likely N-dealkylation sites (N-methyl/N-ethyl adjacent to an activating group) is 1. The largest absolute Gasteiger partial charge is 0.383 e. The van der Waals surface area contributed by atoms with Gasteiger partial charge in [-0.1, -0.05) is 6.92 Å². The molecule has 18 heavy (non-hydrogen) atoms. The van der Waals surface area contributed by atoms with E-state index in [1.807, 2.05) is 0 Å². The van der Waals surface area contributed by atoms with Gasteiger partial charge in [-0.3, -0.25) is 9.78 Å². The molecule has 0 fully saturated rings. The zero-order chi connectivity index (χ0) is 13.4. The Morgan fingerprint density at radius 2 is 2.33 bits per heavy atom. The molecule has 1 amide bonds. The lowest BCUT2D eigenvalue weighted by Crippen LogP contribution is -2.30. The number of carbonyl (C=O) groups excluding carboxylic acids is 1. The molecule has 0 aliphatic carbocycles. The molecule has 1 rings (SSSR count). The molecule has 1 heterocycles. The van der Waals surface area contributed by atoms with Crippen LogP contribution in [0.15, 0.2) is 18.5 Å². The molecule has 0 atom stereocenters. The Balaban J connectivity index is 2.77. The normalized spacial score (nSPS) is 10.2. The number of amides is 1. The molecule has 1 aromatic heterocycles. The molecule has 0 aliphatic heterocycles. The number of pyridine rings is 1. The van der Waals surface area contributed by atoms with E-state index in [0.717, 1.165) is 18.7 Å². The summed E-state index contributed by atoms with van der Waals surface area (Å²) >= 11 is 0. The summed E-state index contributed by atoms with van der Waals surface area (Å²) in [5, 5.41) is 3.21. The molecule has 5 heteroatoms. The van der Waals surface area contributed by atoms with E-state index in [1.54, 1.807) is 37.5 Å². The quantitative estimate of drug-likeness (QED) is 0.800. The fourth-order valence-electron chi connectivity index (χ4n) is 1.52. The van der Waals surface area contributed by atoms with Gasteiger partial charge < -0.3 is 15.0 Å². The van der Waals surface area contributed by atoms with E-state index < -0.39 is 0 Å². The smallest absolute Gasteiger partial charge is 0.255 e. The standard InChI is InChI=1S/C13H21N3O2/c1-4-6-15-12-10-14-7-5-11(12)13(17)16(2)8-9-18-3/h5,7,10,15H,4,6,8-9H2,1-3H3. The number of nitrogens with zero attached hydrogens (tertiary/aromatic N) is 2. The number of aromatic nitrogens is 1. The molecule has 0 aliphatic rings. The van der Waals surface area contributed by atoms with E-state index in [4.69, 9.17) is 4.74 Å². The van der Waals surface area contributed by atoms with Gasteiger partial charge in [0.15, 0.2) is 0 Å². The Labute approximate surface area is 108 Å². The van der Waals surface area contributed by atoms with E-state index in [0.29, 0.717) is 18.7 Å². The summed E-state index contributed by atoms with van der Waals surface area (Å²) < 4.78 is 4.97. The molecule has 100 valence electrons. The summed E-state index contributed by atoms with van der Waals surface area (Å²) in [6.45, 7) is 4.01. The van der Waals surface area contributed by atoms with E-state index in [-0.39, 0.29) is 5.91 Å². The van der Waals surface area contributed by atoms with Gasteiger partial charge in [-0.25, -0.2) is 0 Å². The van der Waals surface area contributed by atoms with Crippen LogP contribution in [0.2, 0.25) is 0 Å². The van der Waals surface area contributed by atoms with Crippen molar-refractivity contribution in [1.82, 2.24) is 9.88 Å². The molecule has 0 unspecified atom stereocenters. The maximum atomic E-state index is 12.2. The maximum absolute atomic E-state index is 12.2. The van der Waals surface area contributed by atoms with Crippen molar-refractivity contribution in [1.29, 1.82) is 0 Å². The lowest BCUT2D eigenvalue weighted by atomic mass is 10.2. The molecule has 0 saturated carbocycles. The van der Waals surface area contributed by atoms with Crippen molar-refractivity contribution in [2.45, 2.75) is 13.3 Å². The zero-order valence-corrected chi connectivity index (χ0v) is 11.3. The first kappa shape index (κ1) is 14.4. The Hall–Kier alpha value is -1.62. The summed E-state index contributed by atoms with van der Waals surface area (Å²) in [4.78, 5) is 17.9. The number of hydrogen-bond acceptors (Lipinski definition) is 4. The van der Waals surface area contributed by atoms with Crippen LogP contribution in [0.5, 0.6) is 0 Å². The number of nitrogens with one attached hydrogen (secondary N) is 1. The Morgan fingerprint density at radius 3 is 3.00 bits per heavy atom. The number of rotatable bonds is 7. The first-order chi connectivity index (χ1) is 8.70. The third kappa shape index (κ3) is 4.00. The molecule has 1 aromatic rings. The topological polar surface area (TPSA) is 54.5 Å². The second-order valence-corrected chi connectivity index (χ2v) is 4.07. The molecular formula is C13H21N3O2. The van der Waals surface area contributed by atoms with Crippen LogP contribution in [0.4, 0.5) is 5.69 Å². The van der Waals surface area contributed by atoms with Crippen LogP contribution in [0.3, 0.4) is 0 Å². The fourth-order valence-corrected chi connectivity index (χ4v) is 1.52. The average molecular weight is 251 g/mol. The SMILES string of the molecule is CCCNc1cnccc1C(=O)N(C)CCOC. The predicted molar refractivity (Wildman–Crippen MR) is 71.9 cm³/mol. The predicted octanol–water partition coefficient (Wildman–Crippen LogP) is 1.62. The third-order valence-electron chi connectivity index (χ3n) is 2.59. The number of hydrogen-bond donors (Lipinski definition) is 1. The second-order valence-electron chi connectivity index (χ2n) is 4.07. The van der Waals surface area contributed by atoms with Gasteiger partial charge in [0, 0.05) is 33.4 Å². The van der Waals surface area contributed by atoms with Crippen LogP contribution < -0.4 is 5.32 Å². The highest BCUT2D eigenvalue weighted by atomic mass is 16.5. The molecule has 0 bridgehead atoms. The fraction of sp³-hybridized carbons (Fsp3) is 0.538. The summed E-state index contributed by atoms with van der Waals surface area (Å²) in [6, 6.07) is 1.74. The zero-order valence-electron chi connectivity index (χ0n) is 11.3. The second kappa shape index (κ2) is 7.66. The average Bonchev–Trinajstić information content (AvgIpc) is 2.42. The number of methoxy groups -OCH3 is 1. The molecule has 0 spiro atoms. The van der Waals surface area contributed by atoms with Gasteiger partial charge in [0.05, 0.1) is 24.1 Å². The van der Waals surface area contributed by atoms with Gasteiger partial charge in [-0.2, -0.15) is 0 Å². The minimum absolute atomic E-state index is 0.0203. The minimum atomic E-state index is -0.0203. The molecule has 0 saturated heterocycles. The van der Waals surface area contributed by atoms with Gasteiger partial charge in [0.2, 0.25) is 0 Å². The maximum Gasteiger partial charge on any atom is 0.255 e. The first-order valence-electron chi connectivity index (χ1n) is 6.13. The van der Waals surface area contributed by atoms with Crippen LogP contribution in [0, 0.1) is 0 Å². The third-order valence-corrected chi connectivity index (χ3v) is 2.59. The Morgan fingerprint density at radius 1 is 1.56 bits per heavy atom. The van der Waals surface area contributed by atoms with E-state index in [9.17, 15) is 4.79 Å². The highest BCUT2D eigenvalue weighted by Gasteiger charge is 2.15. The summed E-state index contributed by atoms with van der Waals surface area (Å²) in [7, 11) is 3.39. The summed E-state index contributed by atoms with van der Waals surface area (Å²) in [5.41, 5.74) is 1.44. The van der Waals surface area contributed by atoms with Crippen LogP contribution in [-0.2, 0) is 4.74 Å². The number of carbonyl (C=O) groups is 1. The lowest BCUT2D eigenvalue weighted by Gasteiger charge is -2.18. The summed E-state index contributed by atoms with van der Waals surface area (Å²) in [5.74, 6) is -0.0203. The molecule has 5 nitrogen and oxygen atoms in total. The first-order valence-corrected chi connectivity index (χ1v) is 6.13.